The summed E-state index contributed by atoms with van der Waals surface area (Å²) >= 11 is 0.861. The van der Waals surface area contributed by atoms with Crippen LogP contribution in [0.25, 0.3) is 0 Å². The van der Waals surface area contributed by atoms with Crippen molar-refractivity contribution >= 4 is 17.6 Å². The number of alkyl halides is 3. The number of aryl methyl sites for hydroxylation is 1. The third-order valence-corrected chi connectivity index (χ3v) is 2.83. The second-order valence-corrected chi connectivity index (χ2v) is 4.23. The molecule has 0 bridgehead atoms. The Morgan fingerprint density at radius 2 is 2.11 bits per heavy atom. The lowest BCUT2D eigenvalue weighted by Gasteiger charge is -2.08. The molecular formula is C7H7F3N8S. The number of nitrogens with one attached hydrogen (secondary N) is 1. The summed E-state index contributed by atoms with van der Waals surface area (Å²) in [5.74, 6) is 3.63. The van der Waals surface area contributed by atoms with Crippen molar-refractivity contribution in [2.24, 2.45) is 12.9 Å². The van der Waals surface area contributed by atoms with Crippen molar-refractivity contribution < 1.29 is 13.2 Å². The summed E-state index contributed by atoms with van der Waals surface area (Å²) in [6.07, 6.45) is -4.67. The quantitative estimate of drug-likeness (QED) is 0.477. The first-order chi connectivity index (χ1) is 8.90. The summed E-state index contributed by atoms with van der Waals surface area (Å²) in [6.45, 7) is 0. The van der Waals surface area contributed by atoms with Gasteiger partial charge in [-0.05, 0) is 22.2 Å². The number of hydrogen-bond donors (Lipinski definition) is 2. The molecule has 0 saturated carbocycles. The van der Waals surface area contributed by atoms with Crippen molar-refractivity contribution in [3.05, 3.63) is 11.9 Å². The summed E-state index contributed by atoms with van der Waals surface area (Å²) < 4.78 is 39.1. The fraction of sp³-hybridized carbons (Fsp3) is 0.286. The third-order valence-electron chi connectivity index (χ3n) is 1.88. The van der Waals surface area contributed by atoms with Crippen LogP contribution in [0.3, 0.4) is 0 Å². The largest absolute Gasteiger partial charge is 0.451 e. The van der Waals surface area contributed by atoms with Crippen LogP contribution in [0.5, 0.6) is 0 Å². The minimum atomic E-state index is -4.67. The van der Waals surface area contributed by atoms with Gasteiger partial charge in [0.1, 0.15) is 10.8 Å². The van der Waals surface area contributed by atoms with Crippen LogP contribution in [-0.2, 0) is 13.2 Å². The first kappa shape index (κ1) is 13.5. The van der Waals surface area contributed by atoms with Crippen molar-refractivity contribution in [3.8, 4) is 0 Å². The molecule has 0 aliphatic carbocycles. The van der Waals surface area contributed by atoms with Gasteiger partial charge in [0, 0.05) is 13.1 Å². The number of nitrogen functional groups attached to an aromatic ring is 1. The molecule has 0 saturated heterocycles. The van der Waals surface area contributed by atoms with Crippen molar-refractivity contribution in [1.82, 2.24) is 30.2 Å². The van der Waals surface area contributed by atoms with Crippen LogP contribution < -0.4 is 11.3 Å². The minimum absolute atomic E-state index is 0.0215. The van der Waals surface area contributed by atoms with Crippen molar-refractivity contribution in [2.45, 2.75) is 16.4 Å². The number of anilines is 1. The molecule has 2 aromatic rings. The van der Waals surface area contributed by atoms with Crippen LogP contribution in [-0.4, -0.2) is 30.2 Å². The lowest BCUT2D eigenvalue weighted by molar-refractivity contribution is -0.145. The maximum Gasteiger partial charge on any atom is 0.451 e. The zero-order valence-electron chi connectivity index (χ0n) is 9.38. The average molecular weight is 292 g/mol. The second kappa shape index (κ2) is 4.97. The Balaban J connectivity index is 2.37. The number of nitrogens with zero attached hydrogens (tertiary/aromatic N) is 6. The molecule has 0 unspecified atom stereocenters. The van der Waals surface area contributed by atoms with Crippen molar-refractivity contribution in [2.75, 3.05) is 5.43 Å². The highest BCUT2D eigenvalue weighted by Crippen LogP contribution is 2.31. The molecule has 2 aromatic heterocycles. The Kier molecular flexibility index (Phi) is 3.53. The first-order valence-electron chi connectivity index (χ1n) is 4.73. The monoisotopic (exact) mass is 292 g/mol. The summed E-state index contributed by atoms with van der Waals surface area (Å²) in [5.41, 5.74) is 2.05. The molecule has 0 amide bonds. The van der Waals surface area contributed by atoms with Gasteiger partial charge < -0.3 is 5.43 Å². The van der Waals surface area contributed by atoms with E-state index in [4.69, 9.17) is 5.84 Å². The standard InChI is InChI=1S/C7H7F3N8S/c1-18-6(15-16-17-18)19-4-2-3(14-11)12-5(13-4)7(8,9)10/h2H,11H2,1H3,(H,12,13,14). The first-order valence-corrected chi connectivity index (χ1v) is 5.55. The van der Waals surface area contributed by atoms with E-state index >= 15 is 0 Å². The smallest absolute Gasteiger partial charge is 0.308 e. The van der Waals surface area contributed by atoms with Crippen molar-refractivity contribution in [3.63, 3.8) is 0 Å². The van der Waals surface area contributed by atoms with Gasteiger partial charge in [0.2, 0.25) is 11.0 Å². The van der Waals surface area contributed by atoms with E-state index in [-0.39, 0.29) is 16.0 Å². The lowest BCUT2D eigenvalue weighted by Crippen LogP contribution is -2.16. The van der Waals surface area contributed by atoms with Crippen LogP contribution in [0, 0.1) is 0 Å². The molecule has 0 spiro atoms. The van der Waals surface area contributed by atoms with Crippen LogP contribution in [0.4, 0.5) is 19.0 Å². The molecule has 0 aromatic carbocycles. The molecule has 0 radical (unpaired) electrons. The molecular weight excluding hydrogens is 285 g/mol. The Bertz CT molecular complexity index is 582. The molecule has 0 fully saturated rings. The summed E-state index contributed by atoms with van der Waals surface area (Å²) in [6, 6.07) is 1.26. The Morgan fingerprint density at radius 3 is 2.63 bits per heavy atom. The van der Waals surface area contributed by atoms with Gasteiger partial charge in [0.05, 0.1) is 0 Å². The summed E-state index contributed by atoms with van der Waals surface area (Å²) in [5, 5.41) is 10.9. The molecule has 8 nitrogen and oxygen atoms in total. The molecule has 0 atom stereocenters. The maximum atomic E-state index is 12.6. The minimum Gasteiger partial charge on any atom is -0.308 e. The maximum absolute atomic E-state index is 12.6. The number of nitrogens with two attached hydrogens (primary N) is 1. The highest BCUT2D eigenvalue weighted by Gasteiger charge is 2.35. The normalized spacial score (nSPS) is 11.6. The molecule has 3 N–H and O–H groups in total. The van der Waals surface area contributed by atoms with Gasteiger partial charge in [0.15, 0.2) is 0 Å². The Morgan fingerprint density at radius 1 is 1.37 bits per heavy atom. The highest BCUT2D eigenvalue weighted by atomic mass is 32.2. The molecule has 102 valence electrons. The molecule has 0 aliphatic heterocycles. The number of halogens is 3. The van der Waals surface area contributed by atoms with Crippen LogP contribution in [0.1, 0.15) is 5.82 Å². The fourth-order valence-corrected chi connectivity index (χ4v) is 1.81. The fourth-order valence-electron chi connectivity index (χ4n) is 1.08. The summed E-state index contributed by atoms with van der Waals surface area (Å²) in [4.78, 5) is 6.62. The topological polar surface area (TPSA) is 107 Å². The lowest BCUT2D eigenvalue weighted by atomic mass is 10.5. The molecule has 19 heavy (non-hydrogen) atoms. The van der Waals surface area contributed by atoms with E-state index in [2.05, 4.69) is 30.9 Å². The van der Waals surface area contributed by atoms with E-state index < -0.39 is 12.0 Å². The molecule has 2 rings (SSSR count). The molecule has 0 aliphatic rings. The van der Waals surface area contributed by atoms with E-state index in [0.717, 1.165) is 11.8 Å². The zero-order chi connectivity index (χ0) is 14.0. The van der Waals surface area contributed by atoms with Gasteiger partial charge in [-0.1, -0.05) is 0 Å². The highest BCUT2D eigenvalue weighted by molar-refractivity contribution is 7.99. The summed E-state index contributed by atoms with van der Waals surface area (Å²) in [7, 11) is 1.55. The van der Waals surface area contributed by atoms with Crippen LogP contribution in [0.15, 0.2) is 16.2 Å². The van der Waals surface area contributed by atoms with Gasteiger partial charge in [-0.25, -0.2) is 20.5 Å². The van der Waals surface area contributed by atoms with Crippen LogP contribution >= 0.6 is 11.8 Å². The number of hydrogen-bond acceptors (Lipinski definition) is 8. The number of rotatable bonds is 3. The van der Waals surface area contributed by atoms with Gasteiger partial charge in [-0.2, -0.15) is 13.2 Å². The van der Waals surface area contributed by atoms with Gasteiger partial charge in [0.25, 0.3) is 0 Å². The van der Waals surface area contributed by atoms with E-state index in [0.29, 0.717) is 0 Å². The predicted octanol–water partition coefficient (Wildman–Crippen LogP) is 0.456. The zero-order valence-corrected chi connectivity index (χ0v) is 10.2. The number of tetrazole rings is 1. The van der Waals surface area contributed by atoms with Gasteiger partial charge in [-0.3, -0.25) is 0 Å². The SMILES string of the molecule is Cn1nnnc1Sc1cc(NN)nc(C(F)(F)F)n1. The molecule has 2 heterocycles. The second-order valence-electron chi connectivity index (χ2n) is 3.24. The number of aromatic nitrogens is 6. The van der Waals surface area contributed by atoms with E-state index in [1.807, 2.05) is 0 Å². The third kappa shape index (κ3) is 3.08. The van der Waals surface area contributed by atoms with Gasteiger partial charge in [-0.15, -0.1) is 5.10 Å². The number of hydrazine groups is 1. The van der Waals surface area contributed by atoms with Gasteiger partial charge >= 0.3 is 6.18 Å². The van der Waals surface area contributed by atoms with E-state index in [1.165, 1.54) is 10.7 Å². The van der Waals surface area contributed by atoms with E-state index in [1.54, 1.807) is 7.05 Å². The van der Waals surface area contributed by atoms with Crippen molar-refractivity contribution in [1.29, 1.82) is 0 Å². The Labute approximate surface area is 108 Å². The predicted molar refractivity (Wildman–Crippen MR) is 57.8 cm³/mol. The average Bonchev–Trinajstić information content (AvgIpc) is 2.73. The van der Waals surface area contributed by atoms with Crippen LogP contribution in [0.2, 0.25) is 0 Å². The molecule has 12 heteroatoms. The van der Waals surface area contributed by atoms with E-state index in [9.17, 15) is 13.2 Å². The Hall–Kier alpha value is -1.95.